The average molecular weight is 1160 g/mol. The van der Waals surface area contributed by atoms with Gasteiger partial charge >= 0.3 is 18.1 Å². The zero-order valence-corrected chi connectivity index (χ0v) is 49.7. The van der Waals surface area contributed by atoms with Gasteiger partial charge < -0.3 is 36.5 Å². The molecule has 0 fully saturated rings. The lowest BCUT2D eigenvalue weighted by Crippen LogP contribution is -2.25. The molecule has 20 nitrogen and oxygen atoms in total. The number of aromatic nitrogens is 6. The number of pyridine rings is 2. The summed E-state index contributed by atoms with van der Waals surface area (Å²) in [6, 6.07) is 45.1. The minimum atomic E-state index is -0.394. The maximum atomic E-state index is 13.3. The molecule has 0 radical (unpaired) electrons. The van der Waals surface area contributed by atoms with Crippen LogP contribution in [0.3, 0.4) is 0 Å². The summed E-state index contributed by atoms with van der Waals surface area (Å²) >= 11 is 0. The minimum absolute atomic E-state index is 0.185. The number of benzene rings is 6. The highest BCUT2D eigenvalue weighted by molar-refractivity contribution is 6.08. The highest BCUT2D eigenvalue weighted by atomic mass is 16.5. The number of nitrogens with zero attached hydrogens (tertiary/aromatic N) is 7. The molecule has 4 heterocycles. The summed E-state index contributed by atoms with van der Waals surface area (Å²) in [4.78, 5) is 58.3. The molecule has 8 N–H and O–H groups in total. The monoisotopic (exact) mass is 1150 g/mol. The third-order valence-corrected chi connectivity index (χ3v) is 13.5. The molecular formula is C66H70N14O6. The third-order valence-electron chi connectivity index (χ3n) is 13.5. The molecule has 10 aromatic rings. The summed E-state index contributed by atoms with van der Waals surface area (Å²) in [5.74, 6) is 2.48. The normalized spacial score (nSPS) is 11.0. The maximum absolute atomic E-state index is 13.3. The Morgan fingerprint density at radius 3 is 1.36 bits per heavy atom. The predicted octanol–water partition coefficient (Wildman–Crippen LogP) is 13.8. The zero-order valence-electron chi connectivity index (χ0n) is 49.7. The van der Waals surface area contributed by atoms with Crippen molar-refractivity contribution in [3.63, 3.8) is 0 Å². The van der Waals surface area contributed by atoms with E-state index in [0.717, 1.165) is 66.6 Å². The zero-order chi connectivity index (χ0) is 61.5. The van der Waals surface area contributed by atoms with E-state index in [1.807, 2.05) is 153 Å². The van der Waals surface area contributed by atoms with E-state index in [9.17, 15) is 14.4 Å². The van der Waals surface area contributed by atoms with Crippen molar-refractivity contribution in [3.8, 4) is 22.9 Å². The van der Waals surface area contributed by atoms with Gasteiger partial charge in [0.05, 0.1) is 57.9 Å². The molecule has 4 aromatic heterocycles. The van der Waals surface area contributed by atoms with Crippen LogP contribution >= 0.6 is 0 Å². The largest absolute Gasteiger partial charge is 0.488 e. The maximum Gasteiger partial charge on any atom is 0.324 e. The van der Waals surface area contributed by atoms with Crippen LogP contribution in [0, 0.1) is 13.8 Å². The molecule has 20 heteroatoms. The van der Waals surface area contributed by atoms with Gasteiger partial charge in [0.1, 0.15) is 36.3 Å². The summed E-state index contributed by atoms with van der Waals surface area (Å²) in [6.45, 7) is 17.1. The Balaban J connectivity index is 0.000000211. The second kappa shape index (κ2) is 27.5. The van der Waals surface area contributed by atoms with Crippen LogP contribution in [0.5, 0.6) is 11.5 Å². The Hall–Kier alpha value is -10.9. The van der Waals surface area contributed by atoms with E-state index in [1.165, 1.54) is 13.1 Å². The number of hydrogen-bond acceptors (Lipinski definition) is 12. The van der Waals surface area contributed by atoms with Gasteiger partial charge in [0, 0.05) is 82.1 Å². The van der Waals surface area contributed by atoms with Crippen molar-refractivity contribution in [3.05, 3.63) is 204 Å². The Bertz CT molecular complexity index is 4060. The molecule has 0 aliphatic heterocycles. The molecule has 0 saturated carbocycles. The van der Waals surface area contributed by atoms with Crippen molar-refractivity contribution in [2.24, 2.45) is 4.99 Å². The van der Waals surface area contributed by atoms with Gasteiger partial charge in [-0.05, 0) is 74.5 Å². The van der Waals surface area contributed by atoms with Crippen molar-refractivity contribution in [2.45, 2.75) is 79.4 Å². The van der Waals surface area contributed by atoms with E-state index in [4.69, 9.17) is 30.2 Å². The van der Waals surface area contributed by atoms with Gasteiger partial charge in [-0.15, -0.1) is 0 Å². The molecule has 86 heavy (non-hydrogen) atoms. The lowest BCUT2D eigenvalue weighted by Gasteiger charge is -2.15. The number of carbonyl (C=O) groups excluding carboxylic acids is 4. The first-order chi connectivity index (χ1) is 41.2. The quantitative estimate of drug-likeness (QED) is 0.0422. The number of aryl methyl sites for hydroxylation is 2. The van der Waals surface area contributed by atoms with Gasteiger partial charge in [-0.1, -0.05) is 125 Å². The summed E-state index contributed by atoms with van der Waals surface area (Å²) in [5, 5.41) is 30.3. The van der Waals surface area contributed by atoms with Crippen LogP contribution in [0.15, 0.2) is 175 Å². The van der Waals surface area contributed by atoms with Crippen LogP contribution in [0.2, 0.25) is 0 Å². The SMILES string of the molecule is CN=C=O.CNC(=O)Nc1cnccc1COc1ccc(NC(=O)Nc2cc(C(C)(C)C)nn2-c2ccc(C)cc2)c2ccccc12.Cc1ccc(-n2nc(C(C)(C)C)cc2NC(=O)Nc2ccc(OCc3ccncc3N)c3ccccc23)cc1. The smallest absolute Gasteiger partial charge is 0.324 e. The summed E-state index contributed by atoms with van der Waals surface area (Å²) in [7, 11) is 2.93. The topological polar surface area (TPSA) is 259 Å². The van der Waals surface area contributed by atoms with Crippen molar-refractivity contribution in [1.82, 2.24) is 34.8 Å². The number of carbonyl (C=O) groups is 3. The standard InChI is InChI=1S/C33H35N7O3.C31H32N6O2.C2H3NO/c1-21-10-12-23(13-11-21)40-30(18-29(39-40)33(2,3)4)38-32(42)36-26-14-15-28(25-9-7-6-8-24(25)26)43-20-22-16-17-35-19-27(22)37-31(41)34-5;1-20-9-11-22(12-10-20)37-29(17-28(36-37)31(2,3)4)35-30(38)34-26-13-14-27(24-8-6-5-7-23(24)26)39-19-21-15-16-33-18-25(21)32;1-3-2-4/h6-19H,20H2,1-5H3,(H2,34,37,41)(H2,36,38,42);5-18H,19,32H2,1-4H3,(H2,34,35,38);1H3. The molecule has 10 rings (SSSR count). The Kier molecular flexibility index (Phi) is 19.6. The van der Waals surface area contributed by atoms with Gasteiger partial charge in [-0.3, -0.25) is 20.6 Å². The number of urea groups is 3. The number of rotatable bonds is 13. The molecule has 0 aliphatic carbocycles. The Labute approximate surface area is 499 Å². The van der Waals surface area contributed by atoms with E-state index in [0.29, 0.717) is 52.5 Å². The van der Waals surface area contributed by atoms with Gasteiger partial charge in [0.15, 0.2) is 0 Å². The number of nitrogens with one attached hydrogen (secondary N) is 6. The molecule has 6 amide bonds. The predicted molar refractivity (Wildman–Crippen MR) is 341 cm³/mol. The first kappa shape index (κ1) is 61.2. The fraction of sp³-hybridized carbons (Fsp3) is 0.212. The molecular weight excluding hydrogens is 1080 g/mol. The van der Waals surface area contributed by atoms with Gasteiger partial charge in [0.25, 0.3) is 0 Å². The first-order valence-corrected chi connectivity index (χ1v) is 27.6. The van der Waals surface area contributed by atoms with Crippen LogP contribution in [0.25, 0.3) is 32.9 Å². The van der Waals surface area contributed by atoms with E-state index in [1.54, 1.807) is 47.3 Å². The highest BCUT2D eigenvalue weighted by Crippen LogP contribution is 2.35. The number of nitrogen functional groups attached to an aromatic ring is 1. The van der Waals surface area contributed by atoms with E-state index in [2.05, 4.69) is 88.4 Å². The number of nitrogens with two attached hydrogens (primary N) is 1. The lowest BCUT2D eigenvalue weighted by molar-refractivity contribution is 0.253. The van der Waals surface area contributed by atoms with Crippen LogP contribution in [0.4, 0.5) is 48.8 Å². The van der Waals surface area contributed by atoms with Crippen LogP contribution in [-0.4, -0.2) is 67.8 Å². The van der Waals surface area contributed by atoms with Crippen LogP contribution in [0.1, 0.15) is 75.2 Å². The highest BCUT2D eigenvalue weighted by Gasteiger charge is 2.24. The van der Waals surface area contributed by atoms with Gasteiger partial charge in [0.2, 0.25) is 6.08 Å². The first-order valence-electron chi connectivity index (χ1n) is 27.6. The molecule has 6 aromatic carbocycles. The summed E-state index contributed by atoms with van der Waals surface area (Å²) in [6.07, 6.45) is 7.82. The minimum Gasteiger partial charge on any atom is -0.488 e. The number of isocyanates is 1. The van der Waals surface area contributed by atoms with Gasteiger partial charge in [-0.25, -0.2) is 33.5 Å². The Morgan fingerprint density at radius 1 is 0.535 bits per heavy atom. The van der Waals surface area contributed by atoms with E-state index < -0.39 is 6.03 Å². The van der Waals surface area contributed by atoms with Crippen molar-refractivity contribution in [2.75, 3.05) is 46.4 Å². The molecule has 0 saturated heterocycles. The fourth-order valence-corrected chi connectivity index (χ4v) is 8.72. The number of fused-ring (bicyclic) bond motifs is 2. The van der Waals surface area contributed by atoms with Crippen LogP contribution in [-0.2, 0) is 28.8 Å². The second-order valence-electron chi connectivity index (χ2n) is 22.0. The van der Waals surface area contributed by atoms with Crippen molar-refractivity contribution in [1.29, 1.82) is 0 Å². The number of hydrogen-bond donors (Lipinski definition) is 7. The molecule has 0 bridgehead atoms. The van der Waals surface area contributed by atoms with E-state index in [-0.39, 0.29) is 29.5 Å². The van der Waals surface area contributed by atoms with Crippen molar-refractivity contribution >= 4 is 80.1 Å². The number of aliphatic imine (C=N–C) groups is 1. The fourth-order valence-electron chi connectivity index (χ4n) is 8.72. The van der Waals surface area contributed by atoms with Crippen molar-refractivity contribution < 1.29 is 28.7 Å². The number of anilines is 6. The van der Waals surface area contributed by atoms with Gasteiger partial charge in [-0.2, -0.15) is 10.2 Å². The Morgan fingerprint density at radius 2 is 0.942 bits per heavy atom. The van der Waals surface area contributed by atoms with Crippen LogP contribution < -0.4 is 47.1 Å². The number of ether oxygens (including phenoxy) is 2. The molecule has 440 valence electrons. The molecule has 0 atom stereocenters. The number of amides is 6. The molecule has 0 aliphatic rings. The molecule has 0 unspecified atom stereocenters. The molecule has 0 spiro atoms. The summed E-state index contributed by atoms with van der Waals surface area (Å²) < 4.78 is 15.8. The average Bonchev–Trinajstić information content (AvgIpc) is 4.34. The lowest BCUT2D eigenvalue weighted by atomic mass is 9.92. The van der Waals surface area contributed by atoms with E-state index >= 15 is 0 Å². The second-order valence-corrected chi connectivity index (χ2v) is 22.0. The summed E-state index contributed by atoms with van der Waals surface area (Å²) in [5.41, 5.74) is 15.4. The third kappa shape index (κ3) is 15.6.